The highest BCUT2D eigenvalue weighted by Gasteiger charge is 2.27. The summed E-state index contributed by atoms with van der Waals surface area (Å²) in [5.41, 5.74) is 1.16. The van der Waals surface area contributed by atoms with Crippen molar-refractivity contribution in [1.82, 2.24) is 10.2 Å². The molecule has 0 saturated carbocycles. The van der Waals surface area contributed by atoms with Crippen LogP contribution in [-0.4, -0.2) is 36.2 Å². The smallest absolute Gasteiger partial charge is 0.138 e. The molecule has 0 amide bonds. The van der Waals surface area contributed by atoms with Gasteiger partial charge in [-0.3, -0.25) is 4.90 Å². The SMILES string of the molecule is N#Cc1cccc([C@H](c2cccs2)N2CCNCC2)c1O. The third kappa shape index (κ3) is 2.79. The lowest BCUT2D eigenvalue weighted by Crippen LogP contribution is -2.45. The van der Waals surface area contributed by atoms with E-state index in [2.05, 4.69) is 27.7 Å². The predicted octanol–water partition coefficient (Wildman–Crippen LogP) is 2.32. The normalized spacial score (nSPS) is 17.3. The van der Waals surface area contributed by atoms with Crippen molar-refractivity contribution in [2.24, 2.45) is 0 Å². The van der Waals surface area contributed by atoms with Crippen LogP contribution in [0.1, 0.15) is 22.0 Å². The molecule has 2 aromatic rings. The number of nitrogens with zero attached hydrogens (tertiary/aromatic N) is 2. The maximum atomic E-state index is 10.4. The summed E-state index contributed by atoms with van der Waals surface area (Å²) >= 11 is 1.69. The summed E-state index contributed by atoms with van der Waals surface area (Å²) in [6, 6.07) is 11.6. The lowest BCUT2D eigenvalue weighted by Gasteiger charge is -2.35. The molecule has 1 aromatic heterocycles. The van der Waals surface area contributed by atoms with Gasteiger partial charge in [0.05, 0.1) is 11.6 Å². The van der Waals surface area contributed by atoms with E-state index in [1.807, 2.05) is 18.2 Å². The summed E-state index contributed by atoms with van der Waals surface area (Å²) < 4.78 is 0. The number of benzene rings is 1. The van der Waals surface area contributed by atoms with Gasteiger partial charge in [-0.1, -0.05) is 18.2 Å². The molecule has 3 rings (SSSR count). The molecule has 1 fully saturated rings. The van der Waals surface area contributed by atoms with Crippen LogP contribution in [0.5, 0.6) is 5.75 Å². The van der Waals surface area contributed by atoms with Crippen molar-refractivity contribution in [3.8, 4) is 11.8 Å². The summed E-state index contributed by atoms with van der Waals surface area (Å²) in [5.74, 6) is 0.108. The number of hydrogen-bond donors (Lipinski definition) is 2. The van der Waals surface area contributed by atoms with Crippen LogP contribution in [0, 0.1) is 11.3 Å². The fourth-order valence-corrected chi connectivity index (χ4v) is 3.67. The zero-order valence-electron chi connectivity index (χ0n) is 11.6. The van der Waals surface area contributed by atoms with Gasteiger partial charge in [0, 0.05) is 36.6 Å². The zero-order valence-corrected chi connectivity index (χ0v) is 12.4. The van der Waals surface area contributed by atoms with Crippen LogP contribution in [0.25, 0.3) is 0 Å². The van der Waals surface area contributed by atoms with E-state index < -0.39 is 0 Å². The molecule has 108 valence electrons. The van der Waals surface area contributed by atoms with E-state index in [0.29, 0.717) is 5.56 Å². The first-order valence-electron chi connectivity index (χ1n) is 7.01. The molecule has 1 atom stereocenters. The van der Waals surface area contributed by atoms with E-state index in [1.165, 1.54) is 4.88 Å². The molecule has 2 heterocycles. The highest BCUT2D eigenvalue weighted by Crippen LogP contribution is 2.37. The monoisotopic (exact) mass is 299 g/mol. The number of phenolic OH excluding ortho intramolecular Hbond substituents is 1. The van der Waals surface area contributed by atoms with Gasteiger partial charge in [-0.25, -0.2) is 0 Å². The molecule has 1 aliphatic rings. The van der Waals surface area contributed by atoms with E-state index >= 15 is 0 Å². The van der Waals surface area contributed by atoms with Crippen molar-refractivity contribution in [2.45, 2.75) is 6.04 Å². The number of aromatic hydroxyl groups is 1. The van der Waals surface area contributed by atoms with Crippen LogP contribution in [0.15, 0.2) is 35.7 Å². The van der Waals surface area contributed by atoms with Gasteiger partial charge in [0.15, 0.2) is 0 Å². The minimum Gasteiger partial charge on any atom is -0.506 e. The Balaban J connectivity index is 2.05. The van der Waals surface area contributed by atoms with Crippen molar-refractivity contribution < 1.29 is 5.11 Å². The second-order valence-corrected chi connectivity index (χ2v) is 6.04. The summed E-state index contributed by atoms with van der Waals surface area (Å²) in [4.78, 5) is 3.56. The summed E-state index contributed by atoms with van der Waals surface area (Å²) in [5, 5.41) is 25.0. The molecule has 5 heteroatoms. The van der Waals surface area contributed by atoms with Gasteiger partial charge in [0.1, 0.15) is 11.8 Å². The molecule has 1 aliphatic heterocycles. The quantitative estimate of drug-likeness (QED) is 0.913. The summed E-state index contributed by atoms with van der Waals surface area (Å²) in [6.45, 7) is 3.75. The Kier molecular flexibility index (Phi) is 4.20. The number of rotatable bonds is 3. The Labute approximate surface area is 128 Å². The Morgan fingerprint density at radius 2 is 2.05 bits per heavy atom. The van der Waals surface area contributed by atoms with E-state index in [1.54, 1.807) is 17.4 Å². The lowest BCUT2D eigenvalue weighted by molar-refractivity contribution is 0.198. The molecule has 0 radical (unpaired) electrons. The van der Waals surface area contributed by atoms with Crippen molar-refractivity contribution in [3.63, 3.8) is 0 Å². The number of para-hydroxylation sites is 1. The van der Waals surface area contributed by atoms with Crippen LogP contribution in [0.2, 0.25) is 0 Å². The number of thiophene rings is 1. The van der Waals surface area contributed by atoms with Crippen molar-refractivity contribution in [1.29, 1.82) is 5.26 Å². The molecule has 0 unspecified atom stereocenters. The van der Waals surface area contributed by atoms with E-state index in [4.69, 9.17) is 5.26 Å². The first kappa shape index (κ1) is 14.1. The first-order chi connectivity index (χ1) is 10.3. The van der Waals surface area contributed by atoms with Crippen LogP contribution < -0.4 is 5.32 Å². The maximum absolute atomic E-state index is 10.4. The molecular weight excluding hydrogens is 282 g/mol. The van der Waals surface area contributed by atoms with E-state index in [9.17, 15) is 5.11 Å². The largest absolute Gasteiger partial charge is 0.506 e. The van der Waals surface area contributed by atoms with Gasteiger partial charge in [-0.2, -0.15) is 5.26 Å². The first-order valence-corrected chi connectivity index (χ1v) is 7.89. The maximum Gasteiger partial charge on any atom is 0.138 e. The average molecular weight is 299 g/mol. The van der Waals surface area contributed by atoms with E-state index in [-0.39, 0.29) is 11.8 Å². The predicted molar refractivity (Wildman–Crippen MR) is 83.4 cm³/mol. The summed E-state index contributed by atoms with van der Waals surface area (Å²) in [7, 11) is 0. The molecule has 0 bridgehead atoms. The minimum absolute atomic E-state index is 0.0143. The van der Waals surface area contributed by atoms with Gasteiger partial charge in [-0.05, 0) is 17.5 Å². The Bertz CT molecular complexity index is 642. The van der Waals surface area contributed by atoms with Crippen LogP contribution in [0.3, 0.4) is 0 Å². The topological polar surface area (TPSA) is 59.3 Å². The van der Waals surface area contributed by atoms with Gasteiger partial charge in [0.25, 0.3) is 0 Å². The van der Waals surface area contributed by atoms with Crippen LogP contribution in [-0.2, 0) is 0 Å². The fourth-order valence-electron chi connectivity index (χ4n) is 2.79. The second-order valence-electron chi connectivity index (χ2n) is 5.06. The lowest BCUT2D eigenvalue weighted by atomic mass is 9.99. The number of hydrogen-bond acceptors (Lipinski definition) is 5. The molecule has 2 N–H and O–H groups in total. The van der Waals surface area contributed by atoms with Gasteiger partial charge in [-0.15, -0.1) is 11.3 Å². The standard InChI is InChI=1S/C16H17N3OS/c17-11-12-3-1-4-13(16(12)20)15(14-5-2-10-21-14)19-8-6-18-7-9-19/h1-5,10,15,18,20H,6-9H2/t15-/m1/s1. The molecule has 21 heavy (non-hydrogen) atoms. The van der Waals surface area contributed by atoms with Crippen LogP contribution >= 0.6 is 11.3 Å². The molecule has 0 aliphatic carbocycles. The highest BCUT2D eigenvalue weighted by atomic mass is 32.1. The number of nitrogens with one attached hydrogen (secondary N) is 1. The minimum atomic E-state index is 0.0143. The van der Waals surface area contributed by atoms with Crippen LogP contribution in [0.4, 0.5) is 0 Å². The number of nitriles is 1. The third-order valence-electron chi connectivity index (χ3n) is 3.81. The second kappa shape index (κ2) is 6.27. The molecule has 4 nitrogen and oxygen atoms in total. The molecule has 0 spiro atoms. The van der Waals surface area contributed by atoms with Gasteiger partial charge >= 0.3 is 0 Å². The van der Waals surface area contributed by atoms with E-state index in [0.717, 1.165) is 31.7 Å². The highest BCUT2D eigenvalue weighted by molar-refractivity contribution is 7.10. The third-order valence-corrected chi connectivity index (χ3v) is 4.74. The molecule has 1 aromatic carbocycles. The van der Waals surface area contributed by atoms with Gasteiger partial charge < -0.3 is 10.4 Å². The summed E-state index contributed by atoms with van der Waals surface area (Å²) in [6.07, 6.45) is 0. The molecule has 1 saturated heterocycles. The Morgan fingerprint density at radius 1 is 1.24 bits per heavy atom. The average Bonchev–Trinajstić information content (AvgIpc) is 3.04. The Hall–Kier alpha value is -1.87. The van der Waals surface area contributed by atoms with Crippen molar-refractivity contribution in [2.75, 3.05) is 26.2 Å². The van der Waals surface area contributed by atoms with Crippen molar-refractivity contribution >= 4 is 11.3 Å². The number of piperazine rings is 1. The Morgan fingerprint density at radius 3 is 2.71 bits per heavy atom. The zero-order chi connectivity index (χ0) is 14.7. The van der Waals surface area contributed by atoms with Crippen molar-refractivity contribution in [3.05, 3.63) is 51.7 Å². The molecular formula is C16H17N3OS. The fraction of sp³-hybridized carbons (Fsp3) is 0.312. The number of phenols is 1. The van der Waals surface area contributed by atoms with Gasteiger partial charge in [0.2, 0.25) is 0 Å².